The van der Waals surface area contributed by atoms with Gasteiger partial charge in [-0.1, -0.05) is 6.07 Å². The number of aryl methyl sites for hydroxylation is 1. The third-order valence-electron chi connectivity index (χ3n) is 1.77. The van der Waals surface area contributed by atoms with Crippen molar-refractivity contribution in [3.63, 3.8) is 0 Å². The summed E-state index contributed by atoms with van der Waals surface area (Å²) in [6, 6.07) is 5.55. The van der Waals surface area contributed by atoms with E-state index in [9.17, 15) is 4.79 Å². The predicted octanol–water partition coefficient (Wildman–Crippen LogP) is 1.38. The summed E-state index contributed by atoms with van der Waals surface area (Å²) in [6.45, 7) is 3.61. The van der Waals surface area contributed by atoms with Gasteiger partial charge in [0.1, 0.15) is 0 Å². The number of ether oxygens (including phenoxy) is 1. The van der Waals surface area contributed by atoms with Gasteiger partial charge in [-0.05, 0) is 26.0 Å². The van der Waals surface area contributed by atoms with Crippen molar-refractivity contribution < 1.29 is 14.6 Å². The number of carbonyl (C=O) groups is 1. The van der Waals surface area contributed by atoms with E-state index in [0.29, 0.717) is 0 Å². The first-order chi connectivity index (χ1) is 6.59. The second-order valence-electron chi connectivity index (χ2n) is 3.06. The van der Waals surface area contributed by atoms with Crippen LogP contribution < -0.4 is 0 Å². The molecule has 1 atom stereocenters. The van der Waals surface area contributed by atoms with Crippen LogP contribution in [0.1, 0.15) is 18.3 Å². The average Bonchev–Trinajstić information content (AvgIpc) is 2.14. The zero-order chi connectivity index (χ0) is 10.6. The molecule has 0 bridgehead atoms. The van der Waals surface area contributed by atoms with Gasteiger partial charge < -0.3 is 9.84 Å². The quantitative estimate of drug-likeness (QED) is 0.788. The van der Waals surface area contributed by atoms with E-state index in [1.54, 1.807) is 0 Å². The minimum atomic E-state index is -0.961. The molecule has 1 aromatic rings. The van der Waals surface area contributed by atoms with E-state index in [4.69, 9.17) is 9.84 Å². The Labute approximate surface area is 82.5 Å². The van der Waals surface area contributed by atoms with Gasteiger partial charge in [0.25, 0.3) is 0 Å². The lowest BCUT2D eigenvalue weighted by atomic mass is 10.3. The molecule has 0 radical (unpaired) electrons. The van der Waals surface area contributed by atoms with Crippen molar-refractivity contribution in [1.29, 1.82) is 0 Å². The Morgan fingerprint density at radius 1 is 1.64 bits per heavy atom. The maximum absolute atomic E-state index is 10.4. The van der Waals surface area contributed by atoms with Gasteiger partial charge in [-0.2, -0.15) is 0 Å². The molecule has 1 N–H and O–H groups in total. The van der Waals surface area contributed by atoms with E-state index in [2.05, 4.69) is 4.98 Å². The van der Waals surface area contributed by atoms with Crippen LogP contribution in [0.5, 0.6) is 0 Å². The Kier molecular flexibility index (Phi) is 3.59. The van der Waals surface area contributed by atoms with Crippen LogP contribution in [0.2, 0.25) is 0 Å². The van der Waals surface area contributed by atoms with Gasteiger partial charge in [0.2, 0.25) is 0 Å². The molecule has 0 aliphatic heterocycles. The van der Waals surface area contributed by atoms with Crippen molar-refractivity contribution in [3.8, 4) is 0 Å². The predicted molar refractivity (Wildman–Crippen MR) is 50.9 cm³/mol. The van der Waals surface area contributed by atoms with E-state index in [-0.39, 0.29) is 6.61 Å². The fraction of sp³-hybridized carbons (Fsp3) is 0.400. The number of nitrogens with zero attached hydrogens (tertiary/aromatic N) is 1. The highest BCUT2D eigenvalue weighted by molar-refractivity contribution is 5.71. The Hall–Kier alpha value is -1.42. The van der Waals surface area contributed by atoms with Gasteiger partial charge in [0.05, 0.1) is 12.3 Å². The van der Waals surface area contributed by atoms with Crippen LogP contribution in [0.3, 0.4) is 0 Å². The van der Waals surface area contributed by atoms with Crippen molar-refractivity contribution in [2.24, 2.45) is 0 Å². The SMILES string of the molecule is Cc1cccc(CO[C@@H](C)C(=O)O)n1. The molecule has 1 rings (SSSR count). The van der Waals surface area contributed by atoms with Crippen molar-refractivity contribution in [2.45, 2.75) is 26.6 Å². The second-order valence-corrected chi connectivity index (χ2v) is 3.06. The molecule has 4 nitrogen and oxygen atoms in total. The number of carboxylic acids is 1. The molecule has 0 spiro atoms. The van der Waals surface area contributed by atoms with Gasteiger partial charge in [0.15, 0.2) is 6.10 Å². The summed E-state index contributed by atoms with van der Waals surface area (Å²) in [5.41, 5.74) is 1.65. The number of rotatable bonds is 4. The summed E-state index contributed by atoms with van der Waals surface area (Å²) in [7, 11) is 0. The number of aliphatic carboxylic acids is 1. The zero-order valence-corrected chi connectivity index (χ0v) is 8.23. The lowest BCUT2D eigenvalue weighted by Gasteiger charge is -2.07. The number of aromatic nitrogens is 1. The van der Waals surface area contributed by atoms with Gasteiger partial charge >= 0.3 is 5.97 Å². The molecule has 4 heteroatoms. The number of carboxylic acid groups (broad SMARTS) is 1. The summed E-state index contributed by atoms with van der Waals surface area (Å²) in [6.07, 6.45) is -0.794. The van der Waals surface area contributed by atoms with Gasteiger partial charge in [-0.25, -0.2) is 4.79 Å². The Morgan fingerprint density at radius 2 is 2.36 bits per heavy atom. The molecule has 0 aromatic carbocycles. The van der Waals surface area contributed by atoms with Crippen molar-refractivity contribution >= 4 is 5.97 Å². The summed E-state index contributed by atoms with van der Waals surface area (Å²) in [5, 5.41) is 8.57. The first kappa shape index (κ1) is 10.7. The smallest absolute Gasteiger partial charge is 0.332 e. The highest BCUT2D eigenvalue weighted by atomic mass is 16.5. The maximum Gasteiger partial charge on any atom is 0.332 e. The van der Waals surface area contributed by atoms with Gasteiger partial charge in [0, 0.05) is 5.69 Å². The molecule has 0 aliphatic carbocycles. The summed E-state index contributed by atoms with van der Waals surface area (Å²) >= 11 is 0. The third-order valence-corrected chi connectivity index (χ3v) is 1.77. The molecule has 1 heterocycles. The van der Waals surface area contributed by atoms with Gasteiger partial charge in [-0.3, -0.25) is 4.98 Å². The van der Waals surface area contributed by atoms with E-state index in [1.165, 1.54) is 6.92 Å². The molecule has 0 unspecified atom stereocenters. The first-order valence-electron chi connectivity index (χ1n) is 4.36. The highest BCUT2D eigenvalue weighted by Crippen LogP contribution is 2.02. The summed E-state index contributed by atoms with van der Waals surface area (Å²) in [4.78, 5) is 14.6. The Morgan fingerprint density at radius 3 is 2.93 bits per heavy atom. The summed E-state index contributed by atoms with van der Waals surface area (Å²) in [5.74, 6) is -0.961. The Bertz CT molecular complexity index is 325. The zero-order valence-electron chi connectivity index (χ0n) is 8.23. The molecule has 1 aromatic heterocycles. The lowest BCUT2D eigenvalue weighted by molar-refractivity contribution is -0.149. The lowest BCUT2D eigenvalue weighted by Crippen LogP contribution is -2.19. The molecular formula is C10H13NO3. The van der Waals surface area contributed by atoms with Crippen LogP contribution in [-0.2, 0) is 16.1 Å². The number of pyridine rings is 1. The van der Waals surface area contributed by atoms with E-state index >= 15 is 0 Å². The van der Waals surface area contributed by atoms with Crippen LogP contribution >= 0.6 is 0 Å². The molecular weight excluding hydrogens is 182 g/mol. The monoisotopic (exact) mass is 195 g/mol. The largest absolute Gasteiger partial charge is 0.479 e. The van der Waals surface area contributed by atoms with E-state index in [1.807, 2.05) is 25.1 Å². The Balaban J connectivity index is 2.49. The maximum atomic E-state index is 10.4. The number of hydrogen-bond acceptors (Lipinski definition) is 3. The molecule has 76 valence electrons. The highest BCUT2D eigenvalue weighted by Gasteiger charge is 2.10. The fourth-order valence-electron chi connectivity index (χ4n) is 0.962. The first-order valence-corrected chi connectivity index (χ1v) is 4.36. The van der Waals surface area contributed by atoms with Crippen LogP contribution in [-0.4, -0.2) is 22.2 Å². The minimum Gasteiger partial charge on any atom is -0.479 e. The topological polar surface area (TPSA) is 59.4 Å². The van der Waals surface area contributed by atoms with Crippen molar-refractivity contribution in [3.05, 3.63) is 29.6 Å². The number of hydrogen-bond donors (Lipinski definition) is 1. The molecule has 0 saturated heterocycles. The van der Waals surface area contributed by atoms with Crippen molar-refractivity contribution in [1.82, 2.24) is 4.98 Å². The molecule has 0 aliphatic rings. The van der Waals surface area contributed by atoms with E-state index < -0.39 is 12.1 Å². The summed E-state index contributed by atoms with van der Waals surface area (Å²) < 4.78 is 5.08. The standard InChI is InChI=1S/C10H13NO3/c1-7-4-3-5-9(11-7)6-14-8(2)10(12)13/h3-5,8H,6H2,1-2H3,(H,12,13)/t8-/m0/s1. The third kappa shape index (κ3) is 3.14. The van der Waals surface area contributed by atoms with Gasteiger partial charge in [-0.15, -0.1) is 0 Å². The van der Waals surface area contributed by atoms with Crippen LogP contribution in [0, 0.1) is 6.92 Å². The second kappa shape index (κ2) is 4.72. The van der Waals surface area contributed by atoms with E-state index in [0.717, 1.165) is 11.4 Å². The normalized spacial score (nSPS) is 12.4. The average molecular weight is 195 g/mol. The van der Waals surface area contributed by atoms with Crippen LogP contribution in [0.15, 0.2) is 18.2 Å². The van der Waals surface area contributed by atoms with Crippen LogP contribution in [0.25, 0.3) is 0 Å². The van der Waals surface area contributed by atoms with Crippen molar-refractivity contribution in [2.75, 3.05) is 0 Å². The molecule has 0 fully saturated rings. The fourth-order valence-corrected chi connectivity index (χ4v) is 0.962. The van der Waals surface area contributed by atoms with Crippen LogP contribution in [0.4, 0.5) is 0 Å². The molecule has 0 amide bonds. The molecule has 0 saturated carbocycles. The molecule has 14 heavy (non-hydrogen) atoms. The minimum absolute atomic E-state index is 0.231.